The lowest BCUT2D eigenvalue weighted by molar-refractivity contribution is -0.143. The Morgan fingerprint density at radius 2 is 1.76 bits per heavy atom. The molecule has 2 aromatic rings. The first-order valence-electron chi connectivity index (χ1n) is 13.4. The number of hydrogen-bond donors (Lipinski definition) is 1. The summed E-state index contributed by atoms with van der Waals surface area (Å²) in [5.74, 6) is 0.183. The van der Waals surface area contributed by atoms with Crippen molar-refractivity contribution in [3.05, 3.63) is 53.6 Å². The summed E-state index contributed by atoms with van der Waals surface area (Å²) in [6.07, 6.45) is 2.28. The van der Waals surface area contributed by atoms with E-state index in [4.69, 9.17) is 18.9 Å². The van der Waals surface area contributed by atoms with E-state index in [2.05, 4.69) is 11.8 Å². The normalized spacial score (nSPS) is 20.3. The molecule has 2 aliphatic rings. The number of aliphatic carboxylic acids is 1. The lowest BCUT2D eigenvalue weighted by Crippen LogP contribution is -2.40. The Bertz CT molecular complexity index is 1090. The number of fused-ring (bicyclic) bond motifs is 1. The Morgan fingerprint density at radius 1 is 1.03 bits per heavy atom. The summed E-state index contributed by atoms with van der Waals surface area (Å²) >= 11 is 0. The highest BCUT2D eigenvalue weighted by Gasteiger charge is 2.47. The fraction of sp³-hybridized carbons (Fsp3) is 0.517. The summed E-state index contributed by atoms with van der Waals surface area (Å²) in [7, 11) is 1.61. The van der Waals surface area contributed by atoms with Gasteiger partial charge < -0.3 is 29.0 Å². The molecule has 0 aliphatic carbocycles. The fourth-order valence-electron chi connectivity index (χ4n) is 5.31. The van der Waals surface area contributed by atoms with E-state index < -0.39 is 11.9 Å². The van der Waals surface area contributed by atoms with Crippen LogP contribution in [-0.2, 0) is 9.53 Å². The van der Waals surface area contributed by atoms with Crippen molar-refractivity contribution in [3.63, 3.8) is 0 Å². The van der Waals surface area contributed by atoms with Crippen LogP contribution >= 0.6 is 0 Å². The SMILES string of the molecule is CCCCN(CCN1CC(c2ccc3c(c2)OCO3)C(C(=O)O)C1c1ccc(OC)cc1)C(=O)OCCC. The molecular formula is C29H38N2O7. The molecule has 4 rings (SSSR count). The largest absolute Gasteiger partial charge is 0.497 e. The summed E-state index contributed by atoms with van der Waals surface area (Å²) in [5, 5.41) is 10.5. The summed E-state index contributed by atoms with van der Waals surface area (Å²) in [6, 6.07) is 12.9. The Balaban J connectivity index is 1.63. The first-order chi connectivity index (χ1) is 18.5. The number of unbranched alkanes of at least 4 members (excludes halogenated alkanes) is 1. The zero-order valence-electron chi connectivity index (χ0n) is 22.4. The van der Waals surface area contributed by atoms with Crippen LogP contribution in [0.4, 0.5) is 4.79 Å². The number of carbonyl (C=O) groups is 2. The minimum atomic E-state index is -0.860. The number of carbonyl (C=O) groups excluding carboxylic acids is 1. The van der Waals surface area contributed by atoms with Crippen molar-refractivity contribution in [2.24, 2.45) is 5.92 Å². The second-order valence-corrected chi connectivity index (χ2v) is 9.75. The number of amides is 1. The van der Waals surface area contributed by atoms with E-state index in [-0.39, 0.29) is 24.8 Å². The number of hydrogen-bond acceptors (Lipinski definition) is 7. The maximum Gasteiger partial charge on any atom is 0.409 e. The van der Waals surface area contributed by atoms with Crippen LogP contribution in [0.3, 0.4) is 0 Å². The first-order valence-corrected chi connectivity index (χ1v) is 13.4. The van der Waals surface area contributed by atoms with Crippen molar-refractivity contribution >= 4 is 12.1 Å². The molecule has 1 fully saturated rings. The third-order valence-corrected chi connectivity index (χ3v) is 7.29. The molecule has 0 saturated carbocycles. The molecule has 0 bridgehead atoms. The third-order valence-electron chi connectivity index (χ3n) is 7.29. The second kappa shape index (κ2) is 12.9. The van der Waals surface area contributed by atoms with E-state index >= 15 is 0 Å². The number of carboxylic acids is 1. The quantitative estimate of drug-likeness (QED) is 0.417. The molecule has 0 spiro atoms. The van der Waals surface area contributed by atoms with Crippen molar-refractivity contribution in [2.45, 2.75) is 45.1 Å². The minimum absolute atomic E-state index is 0.161. The molecule has 9 heteroatoms. The van der Waals surface area contributed by atoms with Crippen molar-refractivity contribution in [2.75, 3.05) is 46.7 Å². The van der Waals surface area contributed by atoms with Gasteiger partial charge in [-0.15, -0.1) is 0 Å². The van der Waals surface area contributed by atoms with Crippen LogP contribution in [-0.4, -0.2) is 73.7 Å². The molecule has 0 radical (unpaired) electrons. The second-order valence-electron chi connectivity index (χ2n) is 9.75. The van der Waals surface area contributed by atoms with E-state index in [1.54, 1.807) is 12.0 Å². The number of carboxylic acid groups (broad SMARTS) is 1. The van der Waals surface area contributed by atoms with Gasteiger partial charge in [-0.05, 0) is 48.2 Å². The molecule has 3 unspecified atom stereocenters. The molecule has 2 aromatic carbocycles. The van der Waals surface area contributed by atoms with Gasteiger partial charge >= 0.3 is 12.1 Å². The third kappa shape index (κ3) is 6.15. The molecule has 38 heavy (non-hydrogen) atoms. The van der Waals surface area contributed by atoms with E-state index in [0.717, 1.165) is 30.4 Å². The lowest BCUT2D eigenvalue weighted by atomic mass is 9.82. The standard InChI is InChI=1S/C29H38N2O7/c1-4-6-13-30(29(34)36-16-5-2)14-15-31-18-23(21-9-12-24-25(17-21)38-19-37-24)26(28(32)33)27(31)20-7-10-22(35-3)11-8-20/h7-12,17,23,26-27H,4-6,13-16,18-19H2,1-3H3,(H,32,33). The number of methoxy groups -OCH3 is 1. The minimum Gasteiger partial charge on any atom is -0.497 e. The highest BCUT2D eigenvalue weighted by atomic mass is 16.7. The smallest absolute Gasteiger partial charge is 0.409 e. The molecule has 9 nitrogen and oxygen atoms in total. The number of benzene rings is 2. The number of rotatable bonds is 12. The van der Waals surface area contributed by atoms with Gasteiger partial charge in [0.1, 0.15) is 5.75 Å². The van der Waals surface area contributed by atoms with Crippen LogP contribution in [0, 0.1) is 5.92 Å². The lowest BCUT2D eigenvalue weighted by Gasteiger charge is -2.30. The van der Waals surface area contributed by atoms with Crippen molar-refractivity contribution in [1.29, 1.82) is 0 Å². The zero-order valence-corrected chi connectivity index (χ0v) is 22.4. The van der Waals surface area contributed by atoms with Gasteiger partial charge in [0, 0.05) is 38.1 Å². The van der Waals surface area contributed by atoms with Crippen molar-refractivity contribution in [3.8, 4) is 17.2 Å². The van der Waals surface area contributed by atoms with Gasteiger partial charge in [0.25, 0.3) is 0 Å². The Labute approximate surface area is 224 Å². The predicted molar refractivity (Wildman–Crippen MR) is 142 cm³/mol. The summed E-state index contributed by atoms with van der Waals surface area (Å²) in [5.41, 5.74) is 1.79. The van der Waals surface area contributed by atoms with Gasteiger partial charge in [0.2, 0.25) is 6.79 Å². The van der Waals surface area contributed by atoms with Gasteiger partial charge in [-0.25, -0.2) is 4.79 Å². The first kappa shape index (κ1) is 27.6. The number of ether oxygens (including phenoxy) is 4. The van der Waals surface area contributed by atoms with Crippen LogP contribution in [0.1, 0.15) is 56.2 Å². The fourth-order valence-corrected chi connectivity index (χ4v) is 5.31. The molecule has 206 valence electrons. The molecular weight excluding hydrogens is 488 g/mol. The van der Waals surface area contributed by atoms with Crippen LogP contribution in [0.15, 0.2) is 42.5 Å². The van der Waals surface area contributed by atoms with Gasteiger partial charge in [-0.1, -0.05) is 38.5 Å². The van der Waals surface area contributed by atoms with Crippen LogP contribution < -0.4 is 14.2 Å². The Kier molecular flexibility index (Phi) is 9.33. The van der Waals surface area contributed by atoms with Crippen LogP contribution in [0.5, 0.6) is 17.2 Å². The van der Waals surface area contributed by atoms with Gasteiger partial charge in [-0.2, -0.15) is 0 Å². The predicted octanol–water partition coefficient (Wildman–Crippen LogP) is 4.91. The Morgan fingerprint density at radius 3 is 2.45 bits per heavy atom. The molecule has 1 N–H and O–H groups in total. The van der Waals surface area contributed by atoms with E-state index in [1.165, 1.54) is 0 Å². The molecule has 1 saturated heterocycles. The highest BCUT2D eigenvalue weighted by Crippen LogP contribution is 2.47. The van der Waals surface area contributed by atoms with E-state index in [1.807, 2.05) is 49.4 Å². The maximum atomic E-state index is 12.8. The monoisotopic (exact) mass is 526 g/mol. The molecule has 3 atom stereocenters. The van der Waals surface area contributed by atoms with E-state index in [9.17, 15) is 14.7 Å². The molecule has 2 heterocycles. The van der Waals surface area contributed by atoms with Gasteiger partial charge in [0.05, 0.1) is 19.6 Å². The van der Waals surface area contributed by atoms with Crippen molar-refractivity contribution in [1.82, 2.24) is 9.80 Å². The van der Waals surface area contributed by atoms with Gasteiger partial charge in [-0.3, -0.25) is 9.69 Å². The van der Waals surface area contributed by atoms with Crippen LogP contribution in [0.2, 0.25) is 0 Å². The average Bonchev–Trinajstić information content (AvgIpc) is 3.56. The molecule has 1 amide bonds. The summed E-state index contributed by atoms with van der Waals surface area (Å²) in [6.45, 7) is 6.70. The Hall–Kier alpha value is -3.46. The number of nitrogens with zero attached hydrogens (tertiary/aromatic N) is 2. The molecule has 0 aromatic heterocycles. The highest BCUT2D eigenvalue weighted by molar-refractivity contribution is 5.74. The topological polar surface area (TPSA) is 97.8 Å². The van der Waals surface area contributed by atoms with Crippen molar-refractivity contribution < 1.29 is 33.6 Å². The van der Waals surface area contributed by atoms with E-state index in [0.29, 0.717) is 50.0 Å². The van der Waals surface area contributed by atoms with Gasteiger partial charge in [0.15, 0.2) is 11.5 Å². The molecule has 2 aliphatic heterocycles. The number of likely N-dealkylation sites (tertiary alicyclic amines) is 1. The maximum absolute atomic E-state index is 12.8. The average molecular weight is 527 g/mol. The van der Waals surface area contributed by atoms with Crippen LogP contribution in [0.25, 0.3) is 0 Å². The summed E-state index contributed by atoms with van der Waals surface area (Å²) in [4.78, 5) is 29.5. The summed E-state index contributed by atoms with van der Waals surface area (Å²) < 4.78 is 21.8. The zero-order chi connectivity index (χ0) is 27.1.